The molecular formula is C13H17N3O. The molecule has 1 heterocycles. The minimum Gasteiger partial charge on any atom is -0.358 e. The first-order valence-electron chi connectivity index (χ1n) is 5.74. The minimum atomic E-state index is 0.0113. The molecule has 0 bridgehead atoms. The topological polar surface area (TPSA) is 56.9 Å². The smallest absolute Gasteiger partial charge is 0.234 e. The van der Waals surface area contributed by atoms with E-state index in [9.17, 15) is 4.79 Å². The number of carbonyl (C=O) groups is 1. The number of amides is 1. The molecule has 0 spiro atoms. The highest BCUT2D eigenvalue weighted by atomic mass is 16.2. The lowest BCUT2D eigenvalue weighted by molar-refractivity contribution is -0.121. The van der Waals surface area contributed by atoms with Crippen LogP contribution in [0.4, 0.5) is 0 Å². The number of aryl methyl sites for hydroxylation is 2. The molecule has 0 aliphatic heterocycles. The molecule has 0 unspecified atom stereocenters. The van der Waals surface area contributed by atoms with E-state index in [1.807, 2.05) is 19.1 Å². The summed E-state index contributed by atoms with van der Waals surface area (Å²) in [6.45, 7) is 2.05. The molecule has 0 atom stereocenters. The molecule has 17 heavy (non-hydrogen) atoms. The predicted molar refractivity (Wildman–Crippen MR) is 68.6 cm³/mol. The summed E-state index contributed by atoms with van der Waals surface area (Å²) in [5.74, 6) is 0.0113. The number of rotatable bonds is 4. The first kappa shape index (κ1) is 11.7. The van der Waals surface area contributed by atoms with E-state index in [0.717, 1.165) is 17.6 Å². The van der Waals surface area contributed by atoms with Crippen molar-refractivity contribution < 1.29 is 4.79 Å². The fraction of sp³-hybridized carbons (Fsp3) is 0.308. The first-order chi connectivity index (χ1) is 8.22. The van der Waals surface area contributed by atoms with Crippen LogP contribution in [0.3, 0.4) is 0 Å². The first-order valence-corrected chi connectivity index (χ1v) is 5.74. The molecule has 90 valence electrons. The normalized spacial score (nSPS) is 10.7. The summed E-state index contributed by atoms with van der Waals surface area (Å²) >= 11 is 0. The van der Waals surface area contributed by atoms with E-state index in [1.165, 1.54) is 10.9 Å². The van der Waals surface area contributed by atoms with Crippen molar-refractivity contribution in [1.82, 2.24) is 15.8 Å². The molecule has 0 aliphatic rings. The molecule has 4 heteroatoms. The van der Waals surface area contributed by atoms with Crippen LogP contribution in [0.2, 0.25) is 0 Å². The Morgan fingerprint density at radius 2 is 2.12 bits per heavy atom. The Balaban J connectivity index is 2.18. The molecule has 1 amide bonds. The van der Waals surface area contributed by atoms with Crippen LogP contribution in [0.1, 0.15) is 17.7 Å². The van der Waals surface area contributed by atoms with E-state index in [1.54, 1.807) is 7.05 Å². The van der Waals surface area contributed by atoms with Crippen LogP contribution in [0, 0.1) is 6.92 Å². The number of carbonyl (C=O) groups excluding carboxylic acids is 1. The van der Waals surface area contributed by atoms with Gasteiger partial charge in [0, 0.05) is 30.1 Å². The van der Waals surface area contributed by atoms with Gasteiger partial charge in [0.05, 0.1) is 0 Å². The van der Waals surface area contributed by atoms with E-state index in [4.69, 9.17) is 0 Å². The predicted octanol–water partition coefficient (Wildman–Crippen LogP) is 1.66. The van der Waals surface area contributed by atoms with Crippen molar-refractivity contribution in [2.45, 2.75) is 19.8 Å². The third-order valence-electron chi connectivity index (χ3n) is 2.89. The maximum Gasteiger partial charge on any atom is 0.234 e. The lowest BCUT2D eigenvalue weighted by Gasteiger charge is -2.03. The minimum absolute atomic E-state index is 0.0113. The van der Waals surface area contributed by atoms with Gasteiger partial charge in [0.2, 0.25) is 5.91 Å². The van der Waals surface area contributed by atoms with E-state index < -0.39 is 0 Å². The fourth-order valence-electron chi connectivity index (χ4n) is 2.10. The van der Waals surface area contributed by atoms with Crippen molar-refractivity contribution >= 4 is 16.8 Å². The summed E-state index contributed by atoms with van der Waals surface area (Å²) in [6.07, 6.45) is 1.24. The Morgan fingerprint density at radius 3 is 2.88 bits per heavy atom. The largest absolute Gasteiger partial charge is 0.358 e. The summed E-state index contributed by atoms with van der Waals surface area (Å²) in [5.41, 5.74) is 8.72. The van der Waals surface area contributed by atoms with Gasteiger partial charge in [-0.15, -0.1) is 0 Å². The van der Waals surface area contributed by atoms with Crippen molar-refractivity contribution in [2.75, 3.05) is 7.05 Å². The van der Waals surface area contributed by atoms with Crippen LogP contribution in [0.5, 0.6) is 0 Å². The van der Waals surface area contributed by atoms with Gasteiger partial charge in [-0.1, -0.05) is 18.2 Å². The van der Waals surface area contributed by atoms with Crippen LogP contribution in [-0.4, -0.2) is 17.9 Å². The van der Waals surface area contributed by atoms with Gasteiger partial charge in [-0.25, -0.2) is 5.43 Å². The Kier molecular flexibility index (Phi) is 3.44. The van der Waals surface area contributed by atoms with E-state index >= 15 is 0 Å². The highest BCUT2D eigenvalue weighted by Gasteiger charge is 2.09. The molecular weight excluding hydrogens is 214 g/mol. The van der Waals surface area contributed by atoms with Gasteiger partial charge in [-0.05, 0) is 25.0 Å². The Labute approximate surface area is 100 Å². The second kappa shape index (κ2) is 5.01. The molecule has 0 radical (unpaired) electrons. The Morgan fingerprint density at radius 1 is 1.35 bits per heavy atom. The van der Waals surface area contributed by atoms with Crippen LogP contribution < -0.4 is 10.9 Å². The maximum absolute atomic E-state index is 11.4. The van der Waals surface area contributed by atoms with E-state index in [0.29, 0.717) is 6.42 Å². The van der Waals surface area contributed by atoms with Gasteiger partial charge in [0.1, 0.15) is 0 Å². The summed E-state index contributed by atoms with van der Waals surface area (Å²) < 4.78 is 0. The van der Waals surface area contributed by atoms with Gasteiger partial charge < -0.3 is 4.98 Å². The van der Waals surface area contributed by atoms with Crippen molar-refractivity contribution in [2.24, 2.45) is 0 Å². The highest BCUT2D eigenvalue weighted by molar-refractivity contribution is 5.85. The molecule has 0 saturated heterocycles. The van der Waals surface area contributed by atoms with Crippen LogP contribution in [0.15, 0.2) is 24.3 Å². The lowest BCUT2D eigenvalue weighted by Crippen LogP contribution is -2.34. The number of H-pyrrole nitrogens is 1. The number of fused-ring (bicyclic) bond motifs is 1. The molecule has 2 rings (SSSR count). The van der Waals surface area contributed by atoms with Gasteiger partial charge in [-0.3, -0.25) is 10.2 Å². The number of aromatic amines is 1. The highest BCUT2D eigenvalue weighted by Crippen LogP contribution is 2.22. The van der Waals surface area contributed by atoms with Crippen molar-refractivity contribution in [3.8, 4) is 0 Å². The van der Waals surface area contributed by atoms with Gasteiger partial charge in [0.15, 0.2) is 0 Å². The molecule has 0 saturated carbocycles. The number of benzene rings is 1. The number of nitrogens with one attached hydrogen (secondary N) is 3. The summed E-state index contributed by atoms with van der Waals surface area (Å²) in [7, 11) is 1.69. The summed E-state index contributed by atoms with van der Waals surface area (Å²) in [6, 6.07) is 8.17. The van der Waals surface area contributed by atoms with Crippen LogP contribution in [-0.2, 0) is 11.2 Å². The second-order valence-corrected chi connectivity index (χ2v) is 4.07. The molecule has 0 aliphatic carbocycles. The molecule has 0 fully saturated rings. The molecule has 1 aromatic carbocycles. The van der Waals surface area contributed by atoms with Crippen molar-refractivity contribution in [3.05, 3.63) is 35.5 Å². The molecule has 2 aromatic rings. The quantitative estimate of drug-likeness (QED) is 0.701. The zero-order valence-corrected chi connectivity index (χ0v) is 10.1. The van der Waals surface area contributed by atoms with Crippen LogP contribution in [0.25, 0.3) is 10.9 Å². The Hall–Kier alpha value is -1.81. The zero-order valence-electron chi connectivity index (χ0n) is 10.1. The van der Waals surface area contributed by atoms with Crippen LogP contribution >= 0.6 is 0 Å². The standard InChI is InChI=1S/C13H17N3O/c1-9-10(7-8-13(17)16-14-2)11-5-3-4-6-12(11)15-9/h3-6,14-15H,7-8H2,1-2H3,(H,16,17). The molecule has 3 N–H and O–H groups in total. The zero-order chi connectivity index (χ0) is 12.3. The number of aromatic nitrogens is 1. The van der Waals surface area contributed by atoms with Crippen molar-refractivity contribution in [3.63, 3.8) is 0 Å². The van der Waals surface area contributed by atoms with E-state index in [2.05, 4.69) is 28.0 Å². The second-order valence-electron chi connectivity index (χ2n) is 4.07. The molecule has 4 nitrogen and oxygen atoms in total. The summed E-state index contributed by atoms with van der Waals surface area (Å²) in [4.78, 5) is 14.7. The molecule has 1 aromatic heterocycles. The SMILES string of the molecule is CNNC(=O)CCc1c(C)[nH]c2ccccc12. The van der Waals surface area contributed by atoms with Gasteiger partial charge in [-0.2, -0.15) is 0 Å². The Bertz CT molecular complexity index is 530. The van der Waals surface area contributed by atoms with Gasteiger partial charge in [0.25, 0.3) is 0 Å². The maximum atomic E-state index is 11.4. The third kappa shape index (κ3) is 2.47. The number of hydrogen-bond donors (Lipinski definition) is 3. The average molecular weight is 231 g/mol. The van der Waals surface area contributed by atoms with Crippen molar-refractivity contribution in [1.29, 1.82) is 0 Å². The number of hydrazine groups is 1. The van der Waals surface area contributed by atoms with Gasteiger partial charge >= 0.3 is 0 Å². The average Bonchev–Trinajstić information content (AvgIpc) is 2.62. The monoisotopic (exact) mass is 231 g/mol. The number of hydrogen-bond acceptors (Lipinski definition) is 2. The fourth-order valence-corrected chi connectivity index (χ4v) is 2.10. The summed E-state index contributed by atoms with van der Waals surface area (Å²) in [5, 5.41) is 1.21. The van der Waals surface area contributed by atoms with E-state index in [-0.39, 0.29) is 5.91 Å². The third-order valence-corrected chi connectivity index (χ3v) is 2.89. The lowest BCUT2D eigenvalue weighted by atomic mass is 10.1. The number of para-hydroxylation sites is 1.